The molecule has 7 heteroatoms. The quantitative estimate of drug-likeness (QED) is 0.720. The summed E-state index contributed by atoms with van der Waals surface area (Å²) in [5.41, 5.74) is 1.56. The predicted molar refractivity (Wildman–Crippen MR) is 102 cm³/mol. The zero-order chi connectivity index (χ0) is 17.9. The van der Waals surface area contributed by atoms with Crippen LogP contribution in [0, 0.1) is 4.64 Å². The van der Waals surface area contributed by atoms with E-state index in [0.29, 0.717) is 10.3 Å². The molecule has 0 spiro atoms. The Morgan fingerprint density at radius 1 is 1.12 bits per heavy atom. The van der Waals surface area contributed by atoms with Crippen LogP contribution in [0.1, 0.15) is 37.3 Å². The van der Waals surface area contributed by atoms with Gasteiger partial charge in [-0.3, -0.25) is 9.89 Å². The number of likely N-dealkylation sites (tertiary alicyclic amines) is 1. The second-order valence-electron chi connectivity index (χ2n) is 6.64. The van der Waals surface area contributed by atoms with E-state index >= 15 is 0 Å². The normalized spacial score (nSPS) is 16.4. The molecule has 1 saturated heterocycles. The van der Waals surface area contributed by atoms with E-state index in [1.54, 1.807) is 17.1 Å². The van der Waals surface area contributed by atoms with Gasteiger partial charge >= 0.3 is 0 Å². The average Bonchev–Trinajstić information content (AvgIpc) is 2.99. The van der Waals surface area contributed by atoms with Gasteiger partial charge in [0.15, 0.2) is 5.65 Å². The molecule has 1 N–H and O–H groups in total. The monoisotopic (exact) mass is 367 g/mol. The molecule has 3 heterocycles. The highest BCUT2D eigenvalue weighted by Crippen LogP contribution is 2.25. The summed E-state index contributed by atoms with van der Waals surface area (Å²) in [6.45, 7) is 1.60. The molecule has 1 atom stereocenters. The van der Waals surface area contributed by atoms with Gasteiger partial charge < -0.3 is 9.47 Å². The minimum atomic E-state index is -0.506. The molecule has 1 amide bonds. The molecule has 26 heavy (non-hydrogen) atoms. The van der Waals surface area contributed by atoms with E-state index in [1.165, 1.54) is 12.8 Å². The van der Waals surface area contributed by atoms with Gasteiger partial charge in [-0.1, -0.05) is 55.4 Å². The molecule has 0 aliphatic carbocycles. The van der Waals surface area contributed by atoms with Crippen LogP contribution >= 0.6 is 12.2 Å². The van der Waals surface area contributed by atoms with Crippen molar-refractivity contribution in [1.29, 1.82) is 0 Å². The Labute approximate surface area is 156 Å². The smallest absolute Gasteiger partial charge is 0.250 e. The summed E-state index contributed by atoms with van der Waals surface area (Å²) in [4.78, 5) is 19.9. The summed E-state index contributed by atoms with van der Waals surface area (Å²) in [6, 6.07) is 9.29. The highest BCUT2D eigenvalue weighted by molar-refractivity contribution is 7.71. The molecule has 1 aliphatic rings. The largest absolute Gasteiger partial charge is 0.341 e. The van der Waals surface area contributed by atoms with Crippen LogP contribution in [0.4, 0.5) is 0 Å². The number of aromatic nitrogens is 4. The number of nitrogens with one attached hydrogen (secondary N) is 1. The van der Waals surface area contributed by atoms with Gasteiger partial charge in [-0.05, 0) is 18.4 Å². The Hall–Kier alpha value is -2.54. The molecule has 1 fully saturated rings. The van der Waals surface area contributed by atoms with Crippen molar-refractivity contribution in [3.63, 3.8) is 0 Å². The Kier molecular flexibility index (Phi) is 4.79. The number of H-pyrrole nitrogens is 1. The Morgan fingerprint density at radius 3 is 2.58 bits per heavy atom. The van der Waals surface area contributed by atoms with Crippen LogP contribution in [0.5, 0.6) is 0 Å². The Balaban J connectivity index is 1.81. The van der Waals surface area contributed by atoms with Crippen molar-refractivity contribution in [2.24, 2.45) is 0 Å². The van der Waals surface area contributed by atoms with E-state index in [4.69, 9.17) is 12.2 Å². The Bertz CT molecular complexity index is 957. The number of hydrogen-bond donors (Lipinski definition) is 1. The number of carbonyl (C=O) groups excluding carboxylic acids is 1. The summed E-state index contributed by atoms with van der Waals surface area (Å²) < 4.78 is 2.37. The maximum atomic E-state index is 13.5. The Morgan fingerprint density at radius 2 is 1.85 bits per heavy atom. The van der Waals surface area contributed by atoms with Crippen molar-refractivity contribution in [2.75, 3.05) is 13.1 Å². The summed E-state index contributed by atoms with van der Waals surface area (Å²) >= 11 is 5.66. The summed E-state index contributed by atoms with van der Waals surface area (Å²) in [5.74, 6) is 0.0823. The van der Waals surface area contributed by atoms with Gasteiger partial charge in [0.05, 0.1) is 17.9 Å². The van der Waals surface area contributed by atoms with E-state index in [9.17, 15) is 4.79 Å². The van der Waals surface area contributed by atoms with Gasteiger partial charge in [-0.2, -0.15) is 5.10 Å². The minimum absolute atomic E-state index is 0.0823. The third kappa shape index (κ3) is 3.14. The highest BCUT2D eigenvalue weighted by Gasteiger charge is 2.28. The zero-order valence-electron chi connectivity index (χ0n) is 14.5. The molecule has 2 aromatic heterocycles. The fourth-order valence-corrected chi connectivity index (χ4v) is 3.85. The van der Waals surface area contributed by atoms with Crippen molar-refractivity contribution in [3.8, 4) is 0 Å². The molecular weight excluding hydrogens is 346 g/mol. The molecule has 134 valence electrons. The maximum absolute atomic E-state index is 13.5. The lowest BCUT2D eigenvalue weighted by Crippen LogP contribution is -2.38. The van der Waals surface area contributed by atoms with Crippen LogP contribution < -0.4 is 0 Å². The maximum Gasteiger partial charge on any atom is 0.250 e. The van der Waals surface area contributed by atoms with Gasteiger partial charge in [0.2, 0.25) is 5.91 Å². The standard InChI is InChI=1S/C19H21N5OS/c25-18(23-10-6-1-2-7-11-23)16(14-8-4-3-5-9-14)24-13-20-17-15(19(24)26)12-21-22-17/h3-5,8-9,12-13,16H,1-2,6-7,10-11H2,(H,21,22). The number of aromatic amines is 1. The summed E-state index contributed by atoms with van der Waals surface area (Å²) in [6.07, 6.45) is 7.79. The van der Waals surface area contributed by atoms with Gasteiger partial charge in [0, 0.05) is 13.1 Å². The number of rotatable bonds is 3. The lowest BCUT2D eigenvalue weighted by atomic mass is 10.0. The molecule has 0 saturated carbocycles. The number of amides is 1. The van der Waals surface area contributed by atoms with Crippen LogP contribution in [-0.2, 0) is 4.79 Å². The lowest BCUT2D eigenvalue weighted by Gasteiger charge is -2.28. The molecule has 1 aliphatic heterocycles. The number of carbonyl (C=O) groups is 1. The van der Waals surface area contributed by atoms with Gasteiger partial charge in [-0.15, -0.1) is 0 Å². The predicted octanol–water partition coefficient (Wildman–Crippen LogP) is 3.48. The molecular formula is C19H21N5OS. The first-order valence-electron chi connectivity index (χ1n) is 8.99. The molecule has 4 rings (SSSR count). The molecule has 1 aromatic carbocycles. The van der Waals surface area contributed by atoms with Gasteiger partial charge in [0.25, 0.3) is 0 Å². The van der Waals surface area contributed by atoms with Gasteiger partial charge in [0.1, 0.15) is 10.7 Å². The van der Waals surface area contributed by atoms with Crippen molar-refractivity contribution < 1.29 is 4.79 Å². The van der Waals surface area contributed by atoms with Gasteiger partial charge in [-0.25, -0.2) is 4.98 Å². The third-order valence-electron chi connectivity index (χ3n) is 4.94. The van der Waals surface area contributed by atoms with Crippen LogP contribution in [0.25, 0.3) is 11.0 Å². The SMILES string of the molecule is O=C(C(c1ccccc1)n1cnc2[nH]ncc2c1=S)N1CCCCCC1. The van der Waals surface area contributed by atoms with Crippen LogP contribution in [0.2, 0.25) is 0 Å². The van der Waals surface area contributed by atoms with E-state index in [2.05, 4.69) is 15.2 Å². The van der Waals surface area contributed by atoms with E-state index in [-0.39, 0.29) is 5.91 Å². The van der Waals surface area contributed by atoms with E-state index in [0.717, 1.165) is 36.9 Å². The average molecular weight is 367 g/mol. The van der Waals surface area contributed by atoms with Crippen molar-refractivity contribution in [2.45, 2.75) is 31.7 Å². The summed E-state index contributed by atoms with van der Waals surface area (Å²) in [5, 5.41) is 7.61. The topological polar surface area (TPSA) is 66.8 Å². The van der Waals surface area contributed by atoms with Crippen LogP contribution in [0.3, 0.4) is 0 Å². The van der Waals surface area contributed by atoms with Crippen LogP contribution in [0.15, 0.2) is 42.9 Å². The molecule has 6 nitrogen and oxygen atoms in total. The fraction of sp³-hybridized carbons (Fsp3) is 0.368. The fourth-order valence-electron chi connectivity index (χ4n) is 3.55. The second kappa shape index (κ2) is 7.37. The van der Waals surface area contributed by atoms with Crippen molar-refractivity contribution >= 4 is 29.2 Å². The summed E-state index contributed by atoms with van der Waals surface area (Å²) in [7, 11) is 0. The molecule has 0 bridgehead atoms. The van der Waals surface area contributed by atoms with Crippen molar-refractivity contribution in [1.82, 2.24) is 24.6 Å². The first-order chi connectivity index (χ1) is 12.8. The molecule has 1 unspecified atom stereocenters. The van der Waals surface area contributed by atoms with E-state index < -0.39 is 6.04 Å². The van der Waals surface area contributed by atoms with Crippen LogP contribution in [-0.4, -0.2) is 43.6 Å². The lowest BCUT2D eigenvalue weighted by molar-refractivity contribution is -0.133. The number of benzene rings is 1. The zero-order valence-corrected chi connectivity index (χ0v) is 15.3. The molecule has 3 aromatic rings. The van der Waals surface area contributed by atoms with Crippen molar-refractivity contribution in [3.05, 3.63) is 53.1 Å². The van der Waals surface area contributed by atoms with E-state index in [1.807, 2.05) is 35.2 Å². The number of hydrogen-bond acceptors (Lipinski definition) is 4. The highest BCUT2D eigenvalue weighted by atomic mass is 32.1. The first-order valence-corrected chi connectivity index (χ1v) is 9.40. The number of nitrogens with zero attached hydrogens (tertiary/aromatic N) is 4. The first kappa shape index (κ1) is 16.9. The molecule has 0 radical (unpaired) electrons. The number of fused-ring (bicyclic) bond motifs is 1. The minimum Gasteiger partial charge on any atom is -0.341 e. The third-order valence-corrected chi connectivity index (χ3v) is 5.37. The second-order valence-corrected chi connectivity index (χ2v) is 7.03.